The van der Waals surface area contributed by atoms with Crippen LogP contribution in [0.25, 0.3) is 10.2 Å². The first-order valence-electron chi connectivity index (χ1n) is 9.08. The molecule has 2 aromatic carbocycles. The highest BCUT2D eigenvalue weighted by Gasteiger charge is 2.40. The second kappa shape index (κ2) is 7.88. The maximum Gasteiger partial charge on any atom is 0.329 e. The molecule has 0 unspecified atom stereocenters. The van der Waals surface area contributed by atoms with Gasteiger partial charge in [-0.15, -0.1) is 0 Å². The number of anilines is 2. The zero-order valence-corrected chi connectivity index (χ0v) is 16.4. The number of thiazole rings is 1. The van der Waals surface area contributed by atoms with Gasteiger partial charge in [0.2, 0.25) is 5.91 Å². The van der Waals surface area contributed by atoms with E-state index in [1.54, 1.807) is 30.3 Å². The Morgan fingerprint density at radius 3 is 2.76 bits per heavy atom. The summed E-state index contributed by atoms with van der Waals surface area (Å²) in [6.07, 6.45) is -0.178. The zero-order chi connectivity index (χ0) is 20.4. The van der Waals surface area contributed by atoms with Crippen molar-refractivity contribution >= 4 is 50.2 Å². The second-order valence-corrected chi connectivity index (χ2v) is 7.35. The third kappa shape index (κ3) is 3.77. The van der Waals surface area contributed by atoms with E-state index in [4.69, 9.17) is 4.74 Å². The van der Waals surface area contributed by atoms with Crippen LogP contribution in [0.2, 0.25) is 0 Å². The Labute approximate surface area is 170 Å². The molecule has 4 rings (SSSR count). The van der Waals surface area contributed by atoms with Gasteiger partial charge in [0.25, 0.3) is 5.91 Å². The van der Waals surface area contributed by atoms with Crippen molar-refractivity contribution in [3.63, 3.8) is 0 Å². The normalized spacial score (nSPS) is 16.2. The Morgan fingerprint density at radius 2 is 2.00 bits per heavy atom. The topological polar surface area (TPSA) is 101 Å². The van der Waals surface area contributed by atoms with Crippen molar-refractivity contribution in [2.45, 2.75) is 19.4 Å². The first kappa shape index (κ1) is 18.9. The molecule has 1 fully saturated rings. The van der Waals surface area contributed by atoms with E-state index in [2.05, 4.69) is 15.6 Å². The van der Waals surface area contributed by atoms with Gasteiger partial charge in [0.1, 0.15) is 17.3 Å². The van der Waals surface area contributed by atoms with Gasteiger partial charge in [-0.05, 0) is 31.2 Å². The molecule has 9 heteroatoms. The molecular formula is C20H18N4O4S. The van der Waals surface area contributed by atoms with Gasteiger partial charge in [0.15, 0.2) is 5.13 Å². The molecule has 1 aliphatic heterocycles. The van der Waals surface area contributed by atoms with Gasteiger partial charge < -0.3 is 15.4 Å². The molecular weight excluding hydrogens is 392 g/mol. The van der Waals surface area contributed by atoms with Crippen LogP contribution < -0.4 is 20.3 Å². The molecule has 3 aromatic rings. The lowest BCUT2D eigenvalue weighted by atomic mass is 10.2. The number of amides is 4. The van der Waals surface area contributed by atoms with Crippen molar-refractivity contribution in [3.8, 4) is 5.75 Å². The lowest BCUT2D eigenvalue weighted by Gasteiger charge is -2.12. The number of nitrogens with zero attached hydrogens (tertiary/aromatic N) is 2. The summed E-state index contributed by atoms with van der Waals surface area (Å²) in [5.41, 5.74) is 1.14. The summed E-state index contributed by atoms with van der Waals surface area (Å²) >= 11 is 1.32. The molecule has 8 nitrogen and oxygen atoms in total. The van der Waals surface area contributed by atoms with Crippen LogP contribution in [0.15, 0.2) is 48.5 Å². The fourth-order valence-corrected chi connectivity index (χ4v) is 4.00. The van der Waals surface area contributed by atoms with Crippen LogP contribution in [0.1, 0.15) is 13.3 Å². The number of ether oxygens (including phenoxy) is 1. The predicted molar refractivity (Wildman–Crippen MR) is 110 cm³/mol. The van der Waals surface area contributed by atoms with Crippen LogP contribution in [0.5, 0.6) is 5.75 Å². The van der Waals surface area contributed by atoms with E-state index in [0.717, 1.165) is 9.60 Å². The Balaban J connectivity index is 1.45. The number of fused-ring (bicyclic) bond motifs is 1. The Bertz CT molecular complexity index is 1080. The molecule has 1 atom stereocenters. The summed E-state index contributed by atoms with van der Waals surface area (Å²) < 4.78 is 6.44. The zero-order valence-electron chi connectivity index (χ0n) is 15.5. The van der Waals surface area contributed by atoms with Gasteiger partial charge >= 0.3 is 6.03 Å². The fourth-order valence-electron chi connectivity index (χ4n) is 3.10. The molecule has 0 saturated carbocycles. The van der Waals surface area contributed by atoms with Crippen LogP contribution in [-0.4, -0.2) is 35.5 Å². The molecule has 148 valence electrons. The number of carbonyl (C=O) groups is 3. The van der Waals surface area contributed by atoms with Gasteiger partial charge in [-0.2, -0.15) is 0 Å². The minimum Gasteiger partial charge on any atom is -0.492 e. The van der Waals surface area contributed by atoms with E-state index in [1.807, 2.05) is 25.1 Å². The first-order valence-corrected chi connectivity index (χ1v) is 9.90. The van der Waals surface area contributed by atoms with Gasteiger partial charge in [-0.25, -0.2) is 14.7 Å². The lowest BCUT2D eigenvalue weighted by Crippen LogP contribution is -2.34. The maximum atomic E-state index is 12.6. The third-order valence-corrected chi connectivity index (χ3v) is 5.29. The Morgan fingerprint density at radius 1 is 1.21 bits per heavy atom. The van der Waals surface area contributed by atoms with Crippen LogP contribution >= 0.6 is 11.3 Å². The standard InChI is InChI=1S/C20H18N4O4S/c1-2-28-14-9-6-10-15-17(14)23-19(29-15)22-16(25)11-13-18(26)24(20(27)21-13)12-7-4-3-5-8-12/h3-10,13H,2,11H2,1H3,(H,21,27)(H,22,23,25)/t13-/m0/s1. The smallest absolute Gasteiger partial charge is 0.329 e. The highest BCUT2D eigenvalue weighted by Crippen LogP contribution is 2.32. The van der Waals surface area contributed by atoms with Crippen molar-refractivity contribution in [3.05, 3.63) is 48.5 Å². The van der Waals surface area contributed by atoms with E-state index < -0.39 is 23.9 Å². The van der Waals surface area contributed by atoms with Crippen molar-refractivity contribution < 1.29 is 19.1 Å². The number of hydrogen-bond donors (Lipinski definition) is 2. The van der Waals surface area contributed by atoms with Crippen LogP contribution in [0.4, 0.5) is 15.6 Å². The molecule has 1 saturated heterocycles. The van der Waals surface area contributed by atoms with E-state index in [9.17, 15) is 14.4 Å². The number of para-hydroxylation sites is 2. The number of carbonyl (C=O) groups excluding carboxylic acids is 3. The van der Waals surface area contributed by atoms with Crippen molar-refractivity contribution in [2.75, 3.05) is 16.8 Å². The number of urea groups is 1. The number of rotatable bonds is 6. The summed E-state index contributed by atoms with van der Waals surface area (Å²) in [7, 11) is 0. The predicted octanol–water partition coefficient (Wildman–Crippen LogP) is 3.15. The van der Waals surface area contributed by atoms with Crippen molar-refractivity contribution in [1.29, 1.82) is 0 Å². The summed E-state index contributed by atoms with van der Waals surface area (Å²) in [5.74, 6) is -0.214. The maximum absolute atomic E-state index is 12.6. The molecule has 0 radical (unpaired) electrons. The molecule has 1 aromatic heterocycles. The van der Waals surface area contributed by atoms with E-state index >= 15 is 0 Å². The van der Waals surface area contributed by atoms with E-state index in [0.29, 0.717) is 28.7 Å². The number of aromatic nitrogens is 1. The highest BCUT2D eigenvalue weighted by molar-refractivity contribution is 7.22. The number of imide groups is 1. The average molecular weight is 410 g/mol. The molecule has 2 heterocycles. The largest absolute Gasteiger partial charge is 0.492 e. The SMILES string of the molecule is CCOc1cccc2sc(NC(=O)C[C@@H]3NC(=O)N(c4ccccc4)C3=O)nc12. The van der Waals surface area contributed by atoms with Crippen LogP contribution in [-0.2, 0) is 9.59 Å². The Kier molecular flexibility index (Phi) is 5.13. The third-order valence-electron chi connectivity index (χ3n) is 4.35. The monoisotopic (exact) mass is 410 g/mol. The van der Waals surface area contributed by atoms with E-state index in [-0.39, 0.29) is 6.42 Å². The molecule has 1 aliphatic rings. The highest BCUT2D eigenvalue weighted by atomic mass is 32.1. The van der Waals surface area contributed by atoms with Gasteiger partial charge in [-0.3, -0.25) is 9.59 Å². The quantitative estimate of drug-likeness (QED) is 0.608. The van der Waals surface area contributed by atoms with Crippen molar-refractivity contribution in [2.24, 2.45) is 0 Å². The minimum atomic E-state index is -0.920. The summed E-state index contributed by atoms with van der Waals surface area (Å²) in [4.78, 5) is 42.7. The fraction of sp³-hybridized carbons (Fsp3) is 0.200. The number of nitrogens with one attached hydrogen (secondary N) is 2. The molecule has 0 bridgehead atoms. The molecule has 0 spiro atoms. The lowest BCUT2D eigenvalue weighted by molar-refractivity contribution is -0.122. The summed E-state index contributed by atoms with van der Waals surface area (Å²) in [6, 6.07) is 12.7. The van der Waals surface area contributed by atoms with Crippen LogP contribution in [0, 0.1) is 0 Å². The number of hydrogen-bond acceptors (Lipinski definition) is 6. The van der Waals surface area contributed by atoms with E-state index in [1.165, 1.54) is 11.3 Å². The van der Waals surface area contributed by atoms with Gasteiger partial charge in [0, 0.05) is 0 Å². The minimum absolute atomic E-state index is 0.178. The number of benzene rings is 2. The molecule has 29 heavy (non-hydrogen) atoms. The van der Waals surface area contributed by atoms with Gasteiger partial charge in [0.05, 0.1) is 23.4 Å². The molecule has 4 amide bonds. The summed E-state index contributed by atoms with van der Waals surface area (Å²) in [5, 5.41) is 5.68. The first-order chi connectivity index (χ1) is 14.1. The summed E-state index contributed by atoms with van der Waals surface area (Å²) in [6.45, 7) is 2.40. The van der Waals surface area contributed by atoms with Crippen molar-refractivity contribution in [1.82, 2.24) is 10.3 Å². The van der Waals surface area contributed by atoms with Crippen LogP contribution in [0.3, 0.4) is 0 Å². The molecule has 0 aliphatic carbocycles. The average Bonchev–Trinajstić information content (AvgIpc) is 3.23. The Hall–Kier alpha value is -3.46. The van der Waals surface area contributed by atoms with Gasteiger partial charge in [-0.1, -0.05) is 35.6 Å². The second-order valence-electron chi connectivity index (χ2n) is 6.32. The molecule has 2 N–H and O–H groups in total.